The van der Waals surface area contributed by atoms with Gasteiger partial charge in [0.15, 0.2) is 5.82 Å². The van der Waals surface area contributed by atoms with Crippen LogP contribution in [0.2, 0.25) is 5.02 Å². The van der Waals surface area contributed by atoms with Gasteiger partial charge in [-0.25, -0.2) is 4.98 Å². The zero-order valence-corrected chi connectivity index (χ0v) is 11.6. The van der Waals surface area contributed by atoms with Crippen LogP contribution in [0.1, 0.15) is 17.9 Å². The van der Waals surface area contributed by atoms with Crippen LogP contribution in [0.15, 0.2) is 35.4 Å². The summed E-state index contributed by atoms with van der Waals surface area (Å²) in [4.78, 5) is 20.3. The lowest BCUT2D eigenvalue weighted by molar-refractivity contribution is 0.667. The summed E-state index contributed by atoms with van der Waals surface area (Å²) in [5.41, 5.74) is 7.65. The molecule has 20 heavy (non-hydrogen) atoms. The molecule has 2 aromatic rings. The van der Waals surface area contributed by atoms with Gasteiger partial charge in [0.2, 0.25) is 0 Å². The highest BCUT2D eigenvalue weighted by Crippen LogP contribution is 2.42. The summed E-state index contributed by atoms with van der Waals surface area (Å²) < 4.78 is 0. The van der Waals surface area contributed by atoms with Crippen LogP contribution in [0.5, 0.6) is 0 Å². The first-order valence-electron chi connectivity index (χ1n) is 6.52. The topological polar surface area (TPSA) is 75.0 Å². The Bertz CT molecular complexity index is 685. The summed E-state index contributed by atoms with van der Waals surface area (Å²) in [7, 11) is 0. The van der Waals surface area contributed by atoms with Crippen molar-refractivity contribution in [1.82, 2.24) is 9.97 Å². The van der Waals surface area contributed by atoms with E-state index in [2.05, 4.69) is 16.0 Å². The van der Waals surface area contributed by atoms with Crippen molar-refractivity contribution in [2.75, 3.05) is 18.0 Å². The van der Waals surface area contributed by atoms with E-state index in [0.717, 1.165) is 18.7 Å². The molecule has 1 aliphatic rings. The summed E-state index contributed by atoms with van der Waals surface area (Å²) in [6.45, 7) is 1.37. The number of hydrogen-bond donors (Lipinski definition) is 2. The summed E-state index contributed by atoms with van der Waals surface area (Å²) in [5.74, 6) is 0.843. The molecule has 1 unspecified atom stereocenters. The molecule has 0 bridgehead atoms. The standard InChI is InChI=1S/C14H15ClN4O/c15-12-13(17-8-18-14(12)20)19-7-9(5-6-16)10-3-1-2-4-11(10)19/h1-4,8-9H,5-7,16H2,(H,17,18,20). The summed E-state index contributed by atoms with van der Waals surface area (Å²) in [5, 5.41) is 0.121. The van der Waals surface area contributed by atoms with Crippen molar-refractivity contribution >= 4 is 23.1 Å². The molecule has 3 rings (SSSR count). The average Bonchev–Trinajstić information content (AvgIpc) is 2.82. The fourth-order valence-electron chi connectivity index (χ4n) is 2.71. The van der Waals surface area contributed by atoms with E-state index in [1.54, 1.807) is 0 Å². The molecule has 0 fully saturated rings. The number of hydrogen-bond acceptors (Lipinski definition) is 4. The summed E-state index contributed by atoms with van der Waals surface area (Å²) in [6, 6.07) is 8.10. The van der Waals surface area contributed by atoms with Gasteiger partial charge >= 0.3 is 0 Å². The first-order chi connectivity index (χ1) is 9.72. The molecular weight excluding hydrogens is 276 g/mol. The van der Waals surface area contributed by atoms with Gasteiger partial charge in [-0.3, -0.25) is 4.79 Å². The van der Waals surface area contributed by atoms with Gasteiger partial charge in [0.05, 0.1) is 6.33 Å². The van der Waals surface area contributed by atoms with E-state index >= 15 is 0 Å². The van der Waals surface area contributed by atoms with Crippen molar-refractivity contribution in [3.05, 3.63) is 51.5 Å². The van der Waals surface area contributed by atoms with Crippen molar-refractivity contribution in [2.24, 2.45) is 5.73 Å². The van der Waals surface area contributed by atoms with E-state index in [-0.39, 0.29) is 10.6 Å². The molecule has 104 valence electrons. The van der Waals surface area contributed by atoms with Crippen molar-refractivity contribution in [3.8, 4) is 0 Å². The van der Waals surface area contributed by atoms with E-state index in [9.17, 15) is 4.79 Å². The second-order valence-corrected chi connectivity index (χ2v) is 5.19. The number of nitrogens with one attached hydrogen (secondary N) is 1. The minimum atomic E-state index is -0.323. The van der Waals surface area contributed by atoms with Gasteiger partial charge in [-0.05, 0) is 24.6 Å². The zero-order valence-electron chi connectivity index (χ0n) is 10.8. The van der Waals surface area contributed by atoms with Crippen molar-refractivity contribution in [1.29, 1.82) is 0 Å². The van der Waals surface area contributed by atoms with E-state index in [4.69, 9.17) is 17.3 Å². The SMILES string of the molecule is NCCC1CN(c2nc[nH]c(=O)c2Cl)c2ccccc21. The van der Waals surface area contributed by atoms with Gasteiger partial charge in [0, 0.05) is 18.2 Å². The van der Waals surface area contributed by atoms with E-state index in [1.165, 1.54) is 11.9 Å². The second-order valence-electron chi connectivity index (χ2n) is 4.81. The van der Waals surface area contributed by atoms with Gasteiger partial charge in [0.25, 0.3) is 5.56 Å². The fraction of sp³-hybridized carbons (Fsp3) is 0.286. The third kappa shape index (κ3) is 2.09. The lowest BCUT2D eigenvalue weighted by Crippen LogP contribution is -2.21. The monoisotopic (exact) mass is 290 g/mol. The Kier molecular flexibility index (Phi) is 3.46. The molecule has 1 aliphatic heterocycles. The van der Waals surface area contributed by atoms with Gasteiger partial charge < -0.3 is 15.6 Å². The molecule has 3 N–H and O–H groups in total. The highest BCUT2D eigenvalue weighted by molar-refractivity contribution is 6.32. The van der Waals surface area contributed by atoms with Crippen molar-refractivity contribution in [3.63, 3.8) is 0 Å². The Morgan fingerprint density at radius 1 is 1.45 bits per heavy atom. The van der Waals surface area contributed by atoms with Crippen LogP contribution in [0.3, 0.4) is 0 Å². The number of nitrogens with zero attached hydrogens (tertiary/aromatic N) is 2. The predicted molar refractivity (Wildman–Crippen MR) is 79.7 cm³/mol. The number of fused-ring (bicyclic) bond motifs is 1. The lowest BCUT2D eigenvalue weighted by Gasteiger charge is -2.19. The van der Waals surface area contributed by atoms with E-state index in [1.807, 2.05) is 23.1 Å². The maximum absolute atomic E-state index is 11.6. The Labute approximate surface area is 121 Å². The molecule has 2 heterocycles. The lowest BCUT2D eigenvalue weighted by atomic mass is 9.98. The number of H-pyrrole nitrogens is 1. The largest absolute Gasteiger partial charge is 0.330 e. The Morgan fingerprint density at radius 2 is 2.25 bits per heavy atom. The highest BCUT2D eigenvalue weighted by Gasteiger charge is 2.30. The quantitative estimate of drug-likeness (QED) is 0.907. The number of nitrogens with two attached hydrogens (primary N) is 1. The van der Waals surface area contributed by atoms with Crippen LogP contribution >= 0.6 is 11.6 Å². The third-order valence-corrected chi connectivity index (χ3v) is 3.96. The molecule has 1 aromatic carbocycles. The first kappa shape index (κ1) is 13.1. The number of aromatic amines is 1. The molecule has 0 saturated carbocycles. The average molecular weight is 291 g/mol. The normalized spacial score (nSPS) is 17.3. The van der Waals surface area contributed by atoms with Crippen LogP contribution < -0.4 is 16.2 Å². The van der Waals surface area contributed by atoms with Crippen LogP contribution in [-0.4, -0.2) is 23.1 Å². The van der Waals surface area contributed by atoms with Gasteiger partial charge in [-0.15, -0.1) is 0 Å². The smallest absolute Gasteiger partial charge is 0.271 e. The number of halogens is 1. The van der Waals surface area contributed by atoms with Crippen molar-refractivity contribution < 1.29 is 0 Å². The molecule has 0 saturated heterocycles. The Balaban J connectivity index is 2.08. The Hall–Kier alpha value is -1.85. The number of para-hydroxylation sites is 1. The molecule has 0 spiro atoms. The van der Waals surface area contributed by atoms with Crippen LogP contribution in [0.4, 0.5) is 11.5 Å². The van der Waals surface area contributed by atoms with Crippen LogP contribution in [-0.2, 0) is 0 Å². The molecular formula is C14H15ClN4O. The molecule has 1 atom stereocenters. The number of anilines is 2. The van der Waals surface area contributed by atoms with Crippen LogP contribution in [0.25, 0.3) is 0 Å². The minimum Gasteiger partial charge on any atom is -0.330 e. The van der Waals surface area contributed by atoms with E-state index < -0.39 is 0 Å². The molecule has 0 amide bonds. The molecule has 6 heteroatoms. The van der Waals surface area contributed by atoms with E-state index in [0.29, 0.717) is 18.3 Å². The molecule has 5 nitrogen and oxygen atoms in total. The zero-order chi connectivity index (χ0) is 14.1. The molecule has 1 aromatic heterocycles. The number of aromatic nitrogens is 2. The van der Waals surface area contributed by atoms with Gasteiger partial charge in [-0.2, -0.15) is 0 Å². The minimum absolute atomic E-state index is 0.121. The summed E-state index contributed by atoms with van der Waals surface area (Å²) in [6.07, 6.45) is 2.27. The number of rotatable bonds is 3. The van der Waals surface area contributed by atoms with Gasteiger partial charge in [0.1, 0.15) is 5.02 Å². The predicted octanol–water partition coefficient (Wildman–Crippen LogP) is 2.01. The third-order valence-electron chi connectivity index (χ3n) is 3.62. The maximum atomic E-state index is 11.6. The van der Waals surface area contributed by atoms with Gasteiger partial charge in [-0.1, -0.05) is 29.8 Å². The molecule has 0 aliphatic carbocycles. The summed E-state index contributed by atoms with van der Waals surface area (Å²) >= 11 is 6.09. The van der Waals surface area contributed by atoms with Crippen molar-refractivity contribution in [2.45, 2.75) is 12.3 Å². The highest BCUT2D eigenvalue weighted by atomic mass is 35.5. The van der Waals surface area contributed by atoms with Crippen LogP contribution in [0, 0.1) is 0 Å². The second kappa shape index (κ2) is 5.26. The maximum Gasteiger partial charge on any atom is 0.271 e. The first-order valence-corrected chi connectivity index (χ1v) is 6.90. The number of benzene rings is 1. The Morgan fingerprint density at radius 3 is 3.05 bits per heavy atom. The molecule has 0 radical (unpaired) electrons. The fourth-order valence-corrected chi connectivity index (χ4v) is 2.91.